The lowest BCUT2D eigenvalue weighted by Gasteiger charge is -2.04. The van der Waals surface area contributed by atoms with E-state index in [0.717, 1.165) is 0 Å². The van der Waals surface area contributed by atoms with E-state index in [4.69, 9.17) is 4.74 Å². The molecule has 0 aliphatic heterocycles. The van der Waals surface area contributed by atoms with Crippen LogP contribution in [-0.2, 0) is 9.53 Å². The first-order chi connectivity index (χ1) is 9.09. The van der Waals surface area contributed by atoms with E-state index in [1.165, 1.54) is 13.1 Å². The van der Waals surface area contributed by atoms with Crippen molar-refractivity contribution in [2.75, 3.05) is 6.61 Å². The van der Waals surface area contributed by atoms with Crippen LogP contribution in [-0.4, -0.2) is 33.1 Å². The van der Waals surface area contributed by atoms with E-state index in [1.807, 2.05) is 6.07 Å². The molecular formula is C13H13N3O3. The van der Waals surface area contributed by atoms with E-state index in [1.54, 1.807) is 29.9 Å². The predicted octanol–water partition coefficient (Wildman–Crippen LogP) is 1.32. The number of pyridine rings is 1. The number of ether oxygens (including phenoxy) is 1. The summed E-state index contributed by atoms with van der Waals surface area (Å²) < 4.78 is 6.40. The van der Waals surface area contributed by atoms with Crippen LogP contribution >= 0.6 is 0 Å². The van der Waals surface area contributed by atoms with E-state index in [9.17, 15) is 9.59 Å². The summed E-state index contributed by atoms with van der Waals surface area (Å²) in [5.41, 5.74) is 0.944. The van der Waals surface area contributed by atoms with Crippen molar-refractivity contribution in [1.82, 2.24) is 14.8 Å². The van der Waals surface area contributed by atoms with Crippen LogP contribution in [0.4, 0.5) is 0 Å². The second-order valence-corrected chi connectivity index (χ2v) is 4.02. The van der Waals surface area contributed by atoms with Gasteiger partial charge in [-0.25, -0.2) is 14.5 Å². The molecule has 2 heterocycles. The number of rotatable bonds is 4. The molecule has 2 rings (SSSR count). The molecule has 0 fully saturated rings. The molecule has 0 N–H and O–H groups in total. The molecule has 6 nitrogen and oxygen atoms in total. The Bertz CT molecular complexity index is 605. The van der Waals surface area contributed by atoms with E-state index >= 15 is 0 Å². The molecule has 2 aromatic rings. The van der Waals surface area contributed by atoms with Gasteiger partial charge in [0.15, 0.2) is 11.6 Å². The fraction of sp³-hybridized carbons (Fsp3) is 0.231. The molecule has 0 atom stereocenters. The molecule has 2 aromatic heterocycles. The van der Waals surface area contributed by atoms with Gasteiger partial charge in [0.2, 0.25) is 0 Å². The van der Waals surface area contributed by atoms with Crippen molar-refractivity contribution < 1.29 is 14.3 Å². The maximum absolute atomic E-state index is 11.8. The number of esters is 1. The van der Waals surface area contributed by atoms with Crippen molar-refractivity contribution in [3.8, 4) is 5.82 Å². The second kappa shape index (κ2) is 5.43. The largest absolute Gasteiger partial charge is 0.454 e. The van der Waals surface area contributed by atoms with Gasteiger partial charge in [-0.1, -0.05) is 6.07 Å². The van der Waals surface area contributed by atoms with Crippen LogP contribution in [0.5, 0.6) is 0 Å². The molecular weight excluding hydrogens is 246 g/mol. The summed E-state index contributed by atoms with van der Waals surface area (Å²) in [6.07, 6.45) is 3.05. The van der Waals surface area contributed by atoms with E-state index in [-0.39, 0.29) is 12.4 Å². The van der Waals surface area contributed by atoms with Crippen LogP contribution in [0.15, 0.2) is 30.6 Å². The Kier molecular flexibility index (Phi) is 3.70. The average Bonchev–Trinajstić information content (AvgIpc) is 2.79. The first-order valence-electron chi connectivity index (χ1n) is 5.72. The van der Waals surface area contributed by atoms with Crippen molar-refractivity contribution in [1.29, 1.82) is 0 Å². The Morgan fingerprint density at radius 2 is 2.16 bits per heavy atom. The fourth-order valence-corrected chi connectivity index (χ4v) is 1.56. The molecule has 0 aliphatic rings. The Labute approximate surface area is 110 Å². The summed E-state index contributed by atoms with van der Waals surface area (Å²) in [6.45, 7) is 2.87. The topological polar surface area (TPSA) is 74.1 Å². The van der Waals surface area contributed by atoms with Crippen LogP contribution in [0, 0.1) is 6.92 Å². The van der Waals surface area contributed by atoms with Crippen LogP contribution < -0.4 is 0 Å². The van der Waals surface area contributed by atoms with Crippen molar-refractivity contribution in [3.63, 3.8) is 0 Å². The van der Waals surface area contributed by atoms with Gasteiger partial charge in [-0.2, -0.15) is 5.10 Å². The number of nitrogens with zero attached hydrogens (tertiary/aromatic N) is 3. The summed E-state index contributed by atoms with van der Waals surface area (Å²) in [5, 5.41) is 4.10. The second-order valence-electron chi connectivity index (χ2n) is 4.02. The molecule has 0 bridgehead atoms. The van der Waals surface area contributed by atoms with E-state index in [0.29, 0.717) is 17.1 Å². The molecule has 0 radical (unpaired) electrons. The first-order valence-corrected chi connectivity index (χ1v) is 5.72. The minimum absolute atomic E-state index is 0.205. The van der Waals surface area contributed by atoms with Gasteiger partial charge in [0.1, 0.15) is 12.2 Å². The monoisotopic (exact) mass is 259 g/mol. The van der Waals surface area contributed by atoms with Gasteiger partial charge in [0.05, 0.1) is 11.9 Å². The van der Waals surface area contributed by atoms with Crippen molar-refractivity contribution in [2.24, 2.45) is 0 Å². The van der Waals surface area contributed by atoms with Gasteiger partial charge in [-0.3, -0.25) is 4.79 Å². The molecule has 0 amide bonds. The minimum atomic E-state index is -0.560. The molecule has 0 aromatic carbocycles. The van der Waals surface area contributed by atoms with E-state index in [2.05, 4.69) is 10.1 Å². The van der Waals surface area contributed by atoms with Crippen LogP contribution in [0.1, 0.15) is 23.0 Å². The third-order valence-corrected chi connectivity index (χ3v) is 2.50. The van der Waals surface area contributed by atoms with Crippen LogP contribution in [0.2, 0.25) is 0 Å². The summed E-state index contributed by atoms with van der Waals surface area (Å²) in [6, 6.07) is 5.41. The Morgan fingerprint density at radius 3 is 2.79 bits per heavy atom. The standard InChI is InChI=1S/C13H13N3O3/c1-9(17)8-19-13(18)11-7-15-16(10(11)2)12-5-3-4-6-14-12/h3-7H,8H2,1-2H3. The summed E-state index contributed by atoms with van der Waals surface area (Å²) in [4.78, 5) is 26.7. The molecule has 98 valence electrons. The Balaban J connectivity index is 2.24. The molecule has 6 heteroatoms. The minimum Gasteiger partial charge on any atom is -0.454 e. The highest BCUT2D eigenvalue weighted by molar-refractivity contribution is 5.92. The molecule has 0 saturated carbocycles. The predicted molar refractivity (Wildman–Crippen MR) is 67.1 cm³/mol. The lowest BCUT2D eigenvalue weighted by atomic mass is 10.2. The van der Waals surface area contributed by atoms with Gasteiger partial charge >= 0.3 is 5.97 Å². The van der Waals surface area contributed by atoms with Crippen molar-refractivity contribution in [3.05, 3.63) is 41.9 Å². The average molecular weight is 259 g/mol. The quantitative estimate of drug-likeness (QED) is 0.774. The number of hydrogen-bond acceptors (Lipinski definition) is 5. The fourth-order valence-electron chi connectivity index (χ4n) is 1.56. The highest BCUT2D eigenvalue weighted by Crippen LogP contribution is 2.13. The zero-order chi connectivity index (χ0) is 13.8. The first kappa shape index (κ1) is 12.9. The lowest BCUT2D eigenvalue weighted by molar-refractivity contribution is -0.120. The van der Waals surface area contributed by atoms with Gasteiger partial charge in [-0.05, 0) is 26.0 Å². The van der Waals surface area contributed by atoms with Crippen molar-refractivity contribution in [2.45, 2.75) is 13.8 Å². The Morgan fingerprint density at radius 1 is 1.37 bits per heavy atom. The van der Waals surface area contributed by atoms with Gasteiger partial charge in [0.25, 0.3) is 0 Å². The van der Waals surface area contributed by atoms with Gasteiger partial charge in [0, 0.05) is 6.20 Å². The maximum atomic E-state index is 11.8. The summed E-state index contributed by atoms with van der Waals surface area (Å²) in [5.74, 6) is -0.149. The normalized spacial score (nSPS) is 10.2. The zero-order valence-corrected chi connectivity index (χ0v) is 10.7. The SMILES string of the molecule is CC(=O)COC(=O)c1cnn(-c2ccccn2)c1C. The van der Waals surface area contributed by atoms with E-state index < -0.39 is 5.97 Å². The smallest absolute Gasteiger partial charge is 0.342 e. The molecule has 0 unspecified atom stereocenters. The van der Waals surface area contributed by atoms with Gasteiger partial charge in [-0.15, -0.1) is 0 Å². The Hall–Kier alpha value is -2.50. The number of carbonyl (C=O) groups is 2. The summed E-state index contributed by atoms with van der Waals surface area (Å²) in [7, 11) is 0. The third-order valence-electron chi connectivity index (χ3n) is 2.50. The number of aromatic nitrogens is 3. The molecule has 0 saturated heterocycles. The summed E-state index contributed by atoms with van der Waals surface area (Å²) >= 11 is 0. The number of ketones is 1. The lowest BCUT2D eigenvalue weighted by Crippen LogP contribution is -2.12. The molecule has 0 spiro atoms. The highest BCUT2D eigenvalue weighted by Gasteiger charge is 2.17. The number of Topliss-reactive ketones (excluding diaryl/α,β-unsaturated/α-hetero) is 1. The van der Waals surface area contributed by atoms with Crippen LogP contribution in [0.3, 0.4) is 0 Å². The van der Waals surface area contributed by atoms with Crippen LogP contribution in [0.25, 0.3) is 5.82 Å². The highest BCUT2D eigenvalue weighted by atomic mass is 16.5. The maximum Gasteiger partial charge on any atom is 0.342 e. The molecule has 0 aliphatic carbocycles. The van der Waals surface area contributed by atoms with Gasteiger partial charge < -0.3 is 4.74 Å². The number of hydrogen-bond donors (Lipinski definition) is 0. The van der Waals surface area contributed by atoms with Crippen molar-refractivity contribution >= 4 is 11.8 Å². The third kappa shape index (κ3) is 2.85. The molecule has 19 heavy (non-hydrogen) atoms. The zero-order valence-electron chi connectivity index (χ0n) is 10.7. The number of carbonyl (C=O) groups excluding carboxylic acids is 2.